The van der Waals surface area contributed by atoms with Crippen molar-refractivity contribution >= 4 is 17.0 Å². The van der Waals surface area contributed by atoms with Gasteiger partial charge in [0.2, 0.25) is 11.6 Å². The van der Waals surface area contributed by atoms with Crippen molar-refractivity contribution in [3.05, 3.63) is 93.4 Å². The Balaban J connectivity index is 1.43. The summed E-state index contributed by atoms with van der Waals surface area (Å²) in [6.07, 6.45) is 2.05. The second-order valence-corrected chi connectivity index (χ2v) is 8.46. The number of nitrogens with one attached hydrogen (secondary N) is 1. The Bertz CT molecular complexity index is 1390. The summed E-state index contributed by atoms with van der Waals surface area (Å²) in [5.41, 5.74) is 0.725. The molecule has 10 heteroatoms. The normalized spacial score (nSPS) is 12.4. The zero-order valence-electron chi connectivity index (χ0n) is 19.3. The van der Waals surface area contributed by atoms with Gasteiger partial charge in [-0.25, -0.2) is 8.78 Å². The van der Waals surface area contributed by atoms with Gasteiger partial charge in [0.15, 0.2) is 17.1 Å². The standard InChI is InChI=1S/C25H25F2N3O5/c1-29(14-21(31)22-4-3-7-34-22)13-17-10-18-24(33)16(12-30(2)25(18)35-17)9-23(32)28-11-15-5-6-19(26)20(27)8-15/h3-8,10,12,21,31H,9,11,13-14H2,1-2H3,(H,28,32)/t21-/m1/s1. The maximum atomic E-state index is 13.3. The van der Waals surface area contributed by atoms with E-state index in [9.17, 15) is 23.5 Å². The maximum Gasteiger partial charge on any atom is 0.224 e. The van der Waals surface area contributed by atoms with Crippen LogP contribution < -0.4 is 10.7 Å². The van der Waals surface area contributed by atoms with Gasteiger partial charge in [-0.3, -0.25) is 14.5 Å². The van der Waals surface area contributed by atoms with Gasteiger partial charge in [-0.1, -0.05) is 6.07 Å². The van der Waals surface area contributed by atoms with Crippen LogP contribution in [0.5, 0.6) is 0 Å². The number of hydrogen-bond acceptors (Lipinski definition) is 6. The number of aliphatic hydroxyl groups is 1. The predicted molar refractivity (Wildman–Crippen MR) is 123 cm³/mol. The largest absolute Gasteiger partial charge is 0.467 e. The molecule has 0 bridgehead atoms. The molecule has 1 aromatic carbocycles. The van der Waals surface area contributed by atoms with Crippen molar-refractivity contribution in [3.8, 4) is 0 Å². The molecule has 0 aliphatic rings. The van der Waals surface area contributed by atoms with Crippen LogP contribution in [-0.2, 0) is 31.4 Å². The van der Waals surface area contributed by atoms with E-state index >= 15 is 0 Å². The first kappa shape index (κ1) is 24.4. The van der Waals surface area contributed by atoms with Crippen LogP contribution in [0.15, 0.2) is 62.5 Å². The van der Waals surface area contributed by atoms with E-state index in [0.717, 1.165) is 12.1 Å². The quantitative estimate of drug-likeness (QED) is 0.378. The van der Waals surface area contributed by atoms with E-state index in [4.69, 9.17) is 8.83 Å². The number of aryl methyl sites for hydroxylation is 1. The van der Waals surface area contributed by atoms with Crippen LogP contribution in [0, 0.1) is 11.6 Å². The highest BCUT2D eigenvalue weighted by molar-refractivity contribution is 5.81. The SMILES string of the molecule is CN(Cc1cc2c(=O)c(CC(=O)NCc3ccc(F)c(F)c3)cn(C)c2o1)C[C@@H](O)c1ccco1. The number of likely N-dealkylation sites (N-methyl/N-ethyl adjacent to an activating group) is 1. The fourth-order valence-electron chi connectivity index (χ4n) is 3.87. The lowest BCUT2D eigenvalue weighted by Gasteiger charge is -2.18. The Kier molecular flexibility index (Phi) is 7.13. The lowest BCUT2D eigenvalue weighted by atomic mass is 10.1. The average molecular weight is 485 g/mol. The third kappa shape index (κ3) is 5.67. The summed E-state index contributed by atoms with van der Waals surface area (Å²) in [5, 5.41) is 13.2. The molecule has 0 aliphatic carbocycles. The molecule has 3 aromatic heterocycles. The molecule has 3 heterocycles. The fraction of sp³-hybridized carbons (Fsp3) is 0.280. The monoisotopic (exact) mass is 485 g/mol. The highest BCUT2D eigenvalue weighted by atomic mass is 19.2. The molecule has 184 valence electrons. The van der Waals surface area contributed by atoms with Crippen LogP contribution in [0.2, 0.25) is 0 Å². The number of amides is 1. The molecule has 0 saturated heterocycles. The Morgan fingerprint density at radius 2 is 2.03 bits per heavy atom. The van der Waals surface area contributed by atoms with Gasteiger partial charge in [-0.05, 0) is 42.9 Å². The molecule has 8 nitrogen and oxygen atoms in total. The highest BCUT2D eigenvalue weighted by Gasteiger charge is 2.18. The van der Waals surface area contributed by atoms with Crippen molar-refractivity contribution in [2.24, 2.45) is 7.05 Å². The van der Waals surface area contributed by atoms with Crippen LogP contribution in [-0.4, -0.2) is 34.1 Å². The Labute approximate surface area is 199 Å². The molecule has 0 radical (unpaired) electrons. The van der Waals surface area contributed by atoms with Crippen molar-refractivity contribution in [2.45, 2.75) is 25.6 Å². The van der Waals surface area contributed by atoms with Crippen molar-refractivity contribution in [3.63, 3.8) is 0 Å². The van der Waals surface area contributed by atoms with Gasteiger partial charge in [0.25, 0.3) is 0 Å². The minimum Gasteiger partial charge on any atom is -0.467 e. The number of rotatable bonds is 9. The average Bonchev–Trinajstić information content (AvgIpc) is 3.49. The Morgan fingerprint density at radius 1 is 1.23 bits per heavy atom. The van der Waals surface area contributed by atoms with Gasteiger partial charge in [-0.15, -0.1) is 0 Å². The summed E-state index contributed by atoms with van der Waals surface area (Å²) in [7, 11) is 3.52. The minimum atomic E-state index is -0.993. The lowest BCUT2D eigenvalue weighted by Crippen LogP contribution is -2.27. The number of benzene rings is 1. The molecule has 4 rings (SSSR count). The molecule has 0 spiro atoms. The molecule has 0 unspecified atom stereocenters. The van der Waals surface area contributed by atoms with Crippen LogP contribution in [0.25, 0.3) is 11.1 Å². The summed E-state index contributed by atoms with van der Waals surface area (Å²) >= 11 is 0. The van der Waals surface area contributed by atoms with Crippen LogP contribution in [0.4, 0.5) is 8.78 Å². The summed E-state index contributed by atoms with van der Waals surface area (Å²) in [6.45, 7) is 0.644. The number of carbonyl (C=O) groups excluding carboxylic acids is 1. The molecule has 4 aromatic rings. The van der Waals surface area contributed by atoms with Crippen molar-refractivity contribution in [1.29, 1.82) is 0 Å². The van der Waals surface area contributed by atoms with Crippen LogP contribution in [0.3, 0.4) is 0 Å². The van der Waals surface area contributed by atoms with Gasteiger partial charge < -0.3 is 23.8 Å². The smallest absolute Gasteiger partial charge is 0.224 e. The Hall–Kier alpha value is -3.76. The second-order valence-electron chi connectivity index (χ2n) is 8.46. The number of nitrogens with zero attached hydrogens (tertiary/aromatic N) is 2. The molecular weight excluding hydrogens is 460 g/mol. The lowest BCUT2D eigenvalue weighted by molar-refractivity contribution is -0.120. The minimum absolute atomic E-state index is 0.00461. The van der Waals surface area contributed by atoms with Gasteiger partial charge in [-0.2, -0.15) is 0 Å². The molecule has 1 atom stereocenters. The van der Waals surface area contributed by atoms with Crippen molar-refractivity contribution < 1.29 is 27.5 Å². The fourth-order valence-corrected chi connectivity index (χ4v) is 3.87. The molecule has 35 heavy (non-hydrogen) atoms. The van der Waals surface area contributed by atoms with Gasteiger partial charge in [0, 0.05) is 31.9 Å². The van der Waals surface area contributed by atoms with E-state index in [1.165, 1.54) is 12.3 Å². The predicted octanol–water partition coefficient (Wildman–Crippen LogP) is 3.03. The zero-order chi connectivity index (χ0) is 25.1. The number of halogens is 2. The summed E-state index contributed by atoms with van der Waals surface area (Å²) in [5.74, 6) is -1.39. The number of furan rings is 2. The maximum absolute atomic E-state index is 13.3. The number of aromatic nitrogens is 1. The highest BCUT2D eigenvalue weighted by Crippen LogP contribution is 2.20. The Morgan fingerprint density at radius 3 is 2.74 bits per heavy atom. The number of carbonyl (C=O) groups is 1. The van der Waals surface area contributed by atoms with E-state index in [2.05, 4.69) is 5.32 Å². The number of hydrogen-bond donors (Lipinski definition) is 2. The topological polar surface area (TPSA) is 101 Å². The number of pyridine rings is 1. The first-order chi connectivity index (χ1) is 16.7. The van der Waals surface area contributed by atoms with E-state index in [0.29, 0.717) is 41.3 Å². The van der Waals surface area contributed by atoms with Gasteiger partial charge in [0.05, 0.1) is 24.6 Å². The van der Waals surface area contributed by atoms with Crippen molar-refractivity contribution in [1.82, 2.24) is 14.8 Å². The molecule has 0 saturated carbocycles. The van der Waals surface area contributed by atoms with E-state index in [1.807, 2.05) is 4.90 Å². The first-order valence-corrected chi connectivity index (χ1v) is 10.9. The second kappa shape index (κ2) is 10.2. The molecule has 1 amide bonds. The number of aliphatic hydroxyl groups excluding tert-OH is 1. The van der Waals surface area contributed by atoms with Crippen LogP contribution in [0.1, 0.15) is 28.8 Å². The number of fused-ring (bicyclic) bond motifs is 1. The van der Waals surface area contributed by atoms with Crippen LogP contribution >= 0.6 is 0 Å². The molecule has 0 aliphatic heterocycles. The van der Waals surface area contributed by atoms with E-state index in [-0.39, 0.29) is 24.0 Å². The molecule has 0 fully saturated rings. The third-order valence-electron chi connectivity index (χ3n) is 5.58. The molecular formula is C25H25F2N3O5. The van der Waals surface area contributed by atoms with Gasteiger partial charge >= 0.3 is 0 Å². The zero-order valence-corrected chi connectivity index (χ0v) is 19.3. The summed E-state index contributed by atoms with van der Waals surface area (Å²) in [4.78, 5) is 27.2. The first-order valence-electron chi connectivity index (χ1n) is 10.9. The summed E-state index contributed by atoms with van der Waals surface area (Å²) < 4.78 is 39.1. The third-order valence-corrected chi connectivity index (χ3v) is 5.58. The van der Waals surface area contributed by atoms with Crippen molar-refractivity contribution in [2.75, 3.05) is 13.6 Å². The summed E-state index contributed by atoms with van der Waals surface area (Å²) in [6, 6.07) is 8.41. The molecule has 2 N–H and O–H groups in total. The van der Waals surface area contributed by atoms with E-state index in [1.54, 1.807) is 43.1 Å². The van der Waals surface area contributed by atoms with Gasteiger partial charge in [0.1, 0.15) is 17.6 Å². The van der Waals surface area contributed by atoms with E-state index < -0.39 is 23.6 Å².